The molecule has 0 aliphatic heterocycles. The zero-order valence-electron chi connectivity index (χ0n) is 15.8. The second-order valence-electron chi connectivity index (χ2n) is 7.44. The smallest absolute Gasteiger partial charge is 0.338 e. The van der Waals surface area contributed by atoms with Gasteiger partial charge in [-0.2, -0.15) is 0 Å². The Hall–Kier alpha value is -2.83. The van der Waals surface area contributed by atoms with E-state index in [1.165, 1.54) is 11.3 Å². The van der Waals surface area contributed by atoms with Crippen molar-refractivity contribution in [3.63, 3.8) is 0 Å². The van der Waals surface area contributed by atoms with Crippen molar-refractivity contribution >= 4 is 28.8 Å². The van der Waals surface area contributed by atoms with Crippen LogP contribution in [0.25, 0.3) is 10.9 Å². The van der Waals surface area contributed by atoms with Crippen molar-refractivity contribution in [1.82, 2.24) is 15.6 Å². The van der Waals surface area contributed by atoms with E-state index >= 15 is 0 Å². The molecule has 1 aliphatic rings. The molecule has 0 unspecified atom stereocenters. The Bertz CT molecular complexity index is 885. The molecule has 1 aromatic heterocycles. The van der Waals surface area contributed by atoms with Crippen LogP contribution in [0.3, 0.4) is 0 Å². The molecule has 1 atom stereocenters. The number of urea groups is 1. The SMILES string of the molecule is CC(C)NC(=O)NC(=O)COC(=O)c1ccc2[nH]c3c(c2c1)C[C@@H](C)CC3. The fourth-order valence-electron chi connectivity index (χ4n) is 3.39. The molecule has 3 rings (SSSR count). The molecule has 27 heavy (non-hydrogen) atoms. The Kier molecular flexibility index (Phi) is 5.48. The molecule has 7 heteroatoms. The van der Waals surface area contributed by atoms with Crippen LogP contribution in [0.15, 0.2) is 18.2 Å². The average molecular weight is 371 g/mol. The third kappa shape index (κ3) is 4.48. The number of hydrogen-bond acceptors (Lipinski definition) is 4. The van der Waals surface area contributed by atoms with E-state index in [0.717, 1.165) is 30.2 Å². The first-order chi connectivity index (χ1) is 12.8. The van der Waals surface area contributed by atoms with Crippen LogP contribution < -0.4 is 10.6 Å². The third-order valence-electron chi connectivity index (χ3n) is 4.68. The molecule has 1 aliphatic carbocycles. The van der Waals surface area contributed by atoms with Crippen molar-refractivity contribution in [2.75, 3.05) is 6.61 Å². The number of H-pyrrole nitrogens is 1. The van der Waals surface area contributed by atoms with E-state index in [-0.39, 0.29) is 6.04 Å². The minimum absolute atomic E-state index is 0.0953. The number of rotatable bonds is 4. The Morgan fingerprint density at radius 2 is 2.07 bits per heavy atom. The van der Waals surface area contributed by atoms with E-state index in [9.17, 15) is 14.4 Å². The van der Waals surface area contributed by atoms with Gasteiger partial charge in [0.05, 0.1) is 5.56 Å². The van der Waals surface area contributed by atoms with Gasteiger partial charge in [0.2, 0.25) is 0 Å². The summed E-state index contributed by atoms with van der Waals surface area (Å²) in [5.41, 5.74) is 3.90. The van der Waals surface area contributed by atoms with Crippen molar-refractivity contribution < 1.29 is 19.1 Å². The zero-order valence-corrected chi connectivity index (χ0v) is 15.8. The number of ether oxygens (including phenoxy) is 1. The van der Waals surface area contributed by atoms with E-state index in [0.29, 0.717) is 11.5 Å². The van der Waals surface area contributed by atoms with E-state index in [1.807, 2.05) is 12.1 Å². The first-order valence-corrected chi connectivity index (χ1v) is 9.24. The fraction of sp³-hybridized carbons (Fsp3) is 0.450. The van der Waals surface area contributed by atoms with Gasteiger partial charge < -0.3 is 15.0 Å². The summed E-state index contributed by atoms with van der Waals surface area (Å²) in [6.45, 7) is 5.28. The van der Waals surface area contributed by atoms with E-state index in [2.05, 4.69) is 22.5 Å². The minimum atomic E-state index is -0.671. The number of aryl methyl sites for hydroxylation is 1. The van der Waals surface area contributed by atoms with Crippen LogP contribution in [-0.2, 0) is 22.4 Å². The van der Waals surface area contributed by atoms with Crippen LogP contribution in [0.1, 0.15) is 48.8 Å². The largest absolute Gasteiger partial charge is 0.452 e. The molecule has 1 heterocycles. The maximum absolute atomic E-state index is 12.3. The quantitative estimate of drug-likeness (QED) is 0.719. The summed E-state index contributed by atoms with van der Waals surface area (Å²) in [5.74, 6) is -0.640. The highest BCUT2D eigenvalue weighted by Crippen LogP contribution is 2.32. The number of benzene rings is 1. The number of carbonyl (C=O) groups is 3. The van der Waals surface area contributed by atoms with Gasteiger partial charge in [-0.05, 0) is 62.8 Å². The number of esters is 1. The highest BCUT2D eigenvalue weighted by atomic mass is 16.5. The van der Waals surface area contributed by atoms with Crippen LogP contribution in [-0.4, -0.2) is 35.5 Å². The number of fused-ring (bicyclic) bond motifs is 3. The fourth-order valence-corrected chi connectivity index (χ4v) is 3.39. The van der Waals surface area contributed by atoms with Crippen molar-refractivity contribution in [2.45, 2.75) is 46.1 Å². The first-order valence-electron chi connectivity index (χ1n) is 9.24. The molecular weight excluding hydrogens is 346 g/mol. The van der Waals surface area contributed by atoms with Crippen molar-refractivity contribution in [3.05, 3.63) is 35.0 Å². The topological polar surface area (TPSA) is 100 Å². The maximum Gasteiger partial charge on any atom is 0.338 e. The zero-order chi connectivity index (χ0) is 19.6. The molecule has 3 amide bonds. The number of hydrogen-bond donors (Lipinski definition) is 3. The molecule has 1 aromatic carbocycles. The Morgan fingerprint density at radius 1 is 1.30 bits per heavy atom. The predicted molar refractivity (Wildman–Crippen MR) is 102 cm³/mol. The van der Waals surface area contributed by atoms with Crippen molar-refractivity contribution in [3.8, 4) is 0 Å². The summed E-state index contributed by atoms with van der Waals surface area (Å²) < 4.78 is 5.05. The number of nitrogens with one attached hydrogen (secondary N) is 3. The number of aromatic amines is 1. The monoisotopic (exact) mass is 371 g/mol. The molecule has 144 valence electrons. The highest BCUT2D eigenvalue weighted by Gasteiger charge is 2.21. The van der Waals surface area contributed by atoms with Gasteiger partial charge in [-0.25, -0.2) is 9.59 Å². The molecule has 2 aromatic rings. The average Bonchev–Trinajstić information content (AvgIpc) is 2.96. The summed E-state index contributed by atoms with van der Waals surface area (Å²) in [5, 5.41) is 5.68. The molecule has 0 fully saturated rings. The van der Waals surface area contributed by atoms with Crippen LogP contribution in [0.4, 0.5) is 4.79 Å². The second-order valence-corrected chi connectivity index (χ2v) is 7.44. The van der Waals surface area contributed by atoms with Gasteiger partial charge in [-0.1, -0.05) is 6.92 Å². The lowest BCUT2D eigenvalue weighted by atomic mass is 9.87. The third-order valence-corrected chi connectivity index (χ3v) is 4.68. The molecule has 0 saturated carbocycles. The van der Waals surface area contributed by atoms with Gasteiger partial charge in [0, 0.05) is 22.6 Å². The second kappa shape index (κ2) is 7.82. The van der Waals surface area contributed by atoms with Crippen LogP contribution in [0.5, 0.6) is 0 Å². The molecule has 0 radical (unpaired) electrons. The predicted octanol–water partition coefficient (Wildman–Crippen LogP) is 2.68. The van der Waals surface area contributed by atoms with Gasteiger partial charge >= 0.3 is 12.0 Å². The highest BCUT2D eigenvalue weighted by molar-refractivity contribution is 5.99. The van der Waals surface area contributed by atoms with Crippen molar-refractivity contribution in [2.24, 2.45) is 5.92 Å². The number of amides is 3. The summed E-state index contributed by atoms with van der Waals surface area (Å²) >= 11 is 0. The lowest BCUT2D eigenvalue weighted by molar-refractivity contribution is -0.123. The van der Waals surface area contributed by atoms with E-state index in [4.69, 9.17) is 4.74 Å². The number of aromatic nitrogens is 1. The van der Waals surface area contributed by atoms with E-state index in [1.54, 1.807) is 19.9 Å². The standard InChI is InChI=1S/C20H25N3O4/c1-11(2)21-20(26)23-18(24)10-27-19(25)13-5-7-17-15(9-13)14-8-12(3)4-6-16(14)22-17/h5,7,9,11-12,22H,4,6,8,10H2,1-3H3,(H2,21,23,24,26)/t12-/m0/s1. The normalized spacial score (nSPS) is 16.1. The summed E-state index contributed by atoms with van der Waals surface area (Å²) in [6.07, 6.45) is 3.17. The van der Waals surface area contributed by atoms with Gasteiger partial charge in [-0.3, -0.25) is 10.1 Å². The molecule has 0 saturated heterocycles. The Morgan fingerprint density at radius 3 is 2.81 bits per heavy atom. The molecule has 0 bridgehead atoms. The van der Waals surface area contributed by atoms with Crippen LogP contribution in [0, 0.1) is 5.92 Å². The molecular formula is C20H25N3O4. The maximum atomic E-state index is 12.3. The molecule has 7 nitrogen and oxygen atoms in total. The lowest BCUT2D eigenvalue weighted by Crippen LogP contribution is -2.44. The number of imide groups is 1. The van der Waals surface area contributed by atoms with E-state index < -0.39 is 24.5 Å². The van der Waals surface area contributed by atoms with Gasteiger partial charge in [-0.15, -0.1) is 0 Å². The first kappa shape index (κ1) is 18.9. The molecule has 0 spiro atoms. The number of carbonyl (C=O) groups excluding carboxylic acids is 3. The summed E-state index contributed by atoms with van der Waals surface area (Å²) in [6, 6.07) is 4.65. The summed E-state index contributed by atoms with van der Waals surface area (Å²) in [7, 11) is 0. The van der Waals surface area contributed by atoms with Gasteiger partial charge in [0.15, 0.2) is 6.61 Å². The van der Waals surface area contributed by atoms with Crippen LogP contribution in [0.2, 0.25) is 0 Å². The minimum Gasteiger partial charge on any atom is -0.452 e. The lowest BCUT2D eigenvalue weighted by Gasteiger charge is -2.18. The van der Waals surface area contributed by atoms with Gasteiger partial charge in [0.25, 0.3) is 5.91 Å². The van der Waals surface area contributed by atoms with Crippen LogP contribution >= 0.6 is 0 Å². The molecule has 3 N–H and O–H groups in total. The van der Waals surface area contributed by atoms with Gasteiger partial charge in [0.1, 0.15) is 0 Å². The Balaban J connectivity index is 1.65. The Labute approximate surface area is 157 Å². The summed E-state index contributed by atoms with van der Waals surface area (Å²) in [4.78, 5) is 38.9. The van der Waals surface area contributed by atoms with Crippen molar-refractivity contribution in [1.29, 1.82) is 0 Å².